The van der Waals surface area contributed by atoms with E-state index in [0.717, 1.165) is 0 Å². The molecule has 3 nitrogen and oxygen atoms in total. The number of ether oxygens (including phenoxy) is 1. The lowest BCUT2D eigenvalue weighted by atomic mass is 10.1. The molecule has 2 N–H and O–H groups in total. The predicted molar refractivity (Wildman–Crippen MR) is 63.6 cm³/mol. The Balaban J connectivity index is 2.72. The molecule has 0 amide bonds. The molecule has 0 aliphatic rings. The van der Waals surface area contributed by atoms with Crippen LogP contribution in [0, 0.1) is 5.82 Å². The van der Waals surface area contributed by atoms with Crippen molar-refractivity contribution in [1.29, 1.82) is 0 Å². The van der Waals surface area contributed by atoms with Crippen molar-refractivity contribution in [3.8, 4) is 0 Å². The van der Waals surface area contributed by atoms with Crippen LogP contribution in [-0.2, 0) is 11.3 Å². The van der Waals surface area contributed by atoms with Crippen LogP contribution in [0.4, 0.5) is 10.1 Å². The fourth-order valence-electron chi connectivity index (χ4n) is 1.52. The van der Waals surface area contributed by atoms with Gasteiger partial charge < -0.3 is 10.5 Å². The summed E-state index contributed by atoms with van der Waals surface area (Å²) in [5.74, 6) is -0.253. The van der Waals surface area contributed by atoms with Gasteiger partial charge in [0.15, 0.2) is 0 Å². The van der Waals surface area contributed by atoms with Crippen LogP contribution in [0.5, 0.6) is 0 Å². The van der Waals surface area contributed by atoms with Crippen molar-refractivity contribution < 1.29 is 9.13 Å². The highest BCUT2D eigenvalue weighted by molar-refractivity contribution is 5.47. The molecule has 1 unspecified atom stereocenters. The SMILES string of the molecule is COCC(C)N(C)Cc1c(N)cccc1F. The number of hydrogen-bond donors (Lipinski definition) is 1. The van der Waals surface area contributed by atoms with Crippen LogP contribution in [-0.4, -0.2) is 31.7 Å². The molecule has 90 valence electrons. The normalized spacial score (nSPS) is 13.1. The molecule has 0 bridgehead atoms. The Kier molecular flexibility index (Phi) is 4.71. The lowest BCUT2D eigenvalue weighted by Gasteiger charge is -2.24. The minimum absolute atomic E-state index is 0.226. The van der Waals surface area contributed by atoms with Crippen LogP contribution in [0.1, 0.15) is 12.5 Å². The Morgan fingerprint density at radius 3 is 2.75 bits per heavy atom. The predicted octanol–water partition coefficient (Wildman–Crippen LogP) is 1.87. The number of hydrogen-bond acceptors (Lipinski definition) is 3. The Hall–Kier alpha value is -1.13. The molecule has 0 saturated carbocycles. The number of nitrogens with zero attached hydrogens (tertiary/aromatic N) is 1. The van der Waals surface area contributed by atoms with E-state index in [1.165, 1.54) is 6.07 Å². The van der Waals surface area contributed by atoms with Crippen molar-refractivity contribution in [3.05, 3.63) is 29.6 Å². The maximum atomic E-state index is 13.5. The molecule has 0 aromatic heterocycles. The highest BCUT2D eigenvalue weighted by Crippen LogP contribution is 2.18. The Labute approximate surface area is 96.0 Å². The molecule has 0 fully saturated rings. The van der Waals surface area contributed by atoms with Crippen molar-refractivity contribution in [1.82, 2.24) is 4.90 Å². The van der Waals surface area contributed by atoms with Gasteiger partial charge in [-0.2, -0.15) is 0 Å². The number of nitrogens with two attached hydrogens (primary N) is 1. The number of halogens is 1. The zero-order valence-corrected chi connectivity index (χ0v) is 10.0. The summed E-state index contributed by atoms with van der Waals surface area (Å²) in [5.41, 5.74) is 6.79. The molecule has 1 aromatic carbocycles. The summed E-state index contributed by atoms with van der Waals surface area (Å²) in [5, 5.41) is 0. The third kappa shape index (κ3) is 3.18. The molecule has 1 aromatic rings. The van der Waals surface area contributed by atoms with Crippen LogP contribution in [0.25, 0.3) is 0 Å². The summed E-state index contributed by atoms with van der Waals surface area (Å²) in [6.07, 6.45) is 0. The van der Waals surface area contributed by atoms with Crippen molar-refractivity contribution in [2.24, 2.45) is 0 Å². The Morgan fingerprint density at radius 2 is 2.19 bits per heavy atom. The van der Waals surface area contributed by atoms with Gasteiger partial charge in [0.05, 0.1) is 6.61 Å². The zero-order valence-electron chi connectivity index (χ0n) is 10.0. The fraction of sp³-hybridized carbons (Fsp3) is 0.500. The van der Waals surface area contributed by atoms with E-state index in [4.69, 9.17) is 10.5 Å². The number of likely N-dealkylation sites (N-methyl/N-ethyl adjacent to an activating group) is 1. The summed E-state index contributed by atoms with van der Waals surface area (Å²) in [7, 11) is 3.58. The third-order valence-corrected chi connectivity index (χ3v) is 2.72. The van der Waals surface area contributed by atoms with E-state index >= 15 is 0 Å². The summed E-state index contributed by atoms with van der Waals surface area (Å²) >= 11 is 0. The van der Waals surface area contributed by atoms with Gasteiger partial charge in [-0.3, -0.25) is 4.90 Å². The molecule has 1 rings (SSSR count). The summed E-state index contributed by atoms with van der Waals surface area (Å²) in [4.78, 5) is 2.01. The number of anilines is 1. The third-order valence-electron chi connectivity index (χ3n) is 2.72. The van der Waals surface area contributed by atoms with Crippen LogP contribution in [0.2, 0.25) is 0 Å². The minimum atomic E-state index is -0.253. The lowest BCUT2D eigenvalue weighted by molar-refractivity contribution is 0.111. The van der Waals surface area contributed by atoms with Crippen molar-refractivity contribution in [3.63, 3.8) is 0 Å². The number of benzene rings is 1. The summed E-state index contributed by atoms with van der Waals surface area (Å²) < 4.78 is 18.6. The first-order chi connectivity index (χ1) is 7.56. The summed E-state index contributed by atoms with van der Waals surface area (Å²) in [6.45, 7) is 3.13. The molecule has 0 radical (unpaired) electrons. The van der Waals surface area contributed by atoms with E-state index in [1.807, 2.05) is 18.9 Å². The van der Waals surface area contributed by atoms with Crippen molar-refractivity contribution in [2.45, 2.75) is 19.5 Å². The van der Waals surface area contributed by atoms with E-state index in [2.05, 4.69) is 0 Å². The highest BCUT2D eigenvalue weighted by Gasteiger charge is 2.13. The van der Waals surface area contributed by atoms with Gasteiger partial charge in [0.1, 0.15) is 5.82 Å². The molecule has 0 heterocycles. The van der Waals surface area contributed by atoms with Crippen LogP contribution >= 0.6 is 0 Å². The molecule has 4 heteroatoms. The van der Waals surface area contributed by atoms with E-state index in [0.29, 0.717) is 24.4 Å². The Morgan fingerprint density at radius 1 is 1.50 bits per heavy atom. The lowest BCUT2D eigenvalue weighted by Crippen LogP contribution is -2.32. The van der Waals surface area contributed by atoms with Gasteiger partial charge in [0.25, 0.3) is 0 Å². The molecule has 1 atom stereocenters. The number of methoxy groups -OCH3 is 1. The van der Waals surface area contributed by atoms with Gasteiger partial charge in [-0.15, -0.1) is 0 Å². The zero-order chi connectivity index (χ0) is 12.1. The summed E-state index contributed by atoms with van der Waals surface area (Å²) in [6, 6.07) is 4.99. The first-order valence-electron chi connectivity index (χ1n) is 5.28. The maximum Gasteiger partial charge on any atom is 0.129 e. The molecule has 0 aliphatic heterocycles. The monoisotopic (exact) mass is 226 g/mol. The second kappa shape index (κ2) is 5.82. The minimum Gasteiger partial charge on any atom is -0.398 e. The molecule has 16 heavy (non-hydrogen) atoms. The van der Waals surface area contributed by atoms with Gasteiger partial charge in [-0.1, -0.05) is 6.07 Å². The maximum absolute atomic E-state index is 13.5. The van der Waals surface area contributed by atoms with E-state index < -0.39 is 0 Å². The van der Waals surface area contributed by atoms with E-state index in [-0.39, 0.29) is 11.9 Å². The Bertz CT molecular complexity index is 324. The van der Waals surface area contributed by atoms with E-state index in [1.54, 1.807) is 19.2 Å². The van der Waals surface area contributed by atoms with Crippen LogP contribution in [0.15, 0.2) is 18.2 Å². The fourth-order valence-corrected chi connectivity index (χ4v) is 1.52. The largest absolute Gasteiger partial charge is 0.398 e. The standard InChI is InChI=1S/C12H19FN2O/c1-9(8-16-3)15(2)7-10-11(13)5-4-6-12(10)14/h4-6,9H,7-8,14H2,1-3H3. The van der Waals surface area contributed by atoms with Gasteiger partial charge in [-0.25, -0.2) is 4.39 Å². The van der Waals surface area contributed by atoms with Crippen LogP contribution in [0.3, 0.4) is 0 Å². The average Bonchev–Trinajstić information content (AvgIpc) is 2.23. The van der Waals surface area contributed by atoms with Crippen LogP contribution < -0.4 is 5.73 Å². The van der Waals surface area contributed by atoms with Gasteiger partial charge in [0.2, 0.25) is 0 Å². The first kappa shape index (κ1) is 12.9. The van der Waals surface area contributed by atoms with Gasteiger partial charge >= 0.3 is 0 Å². The smallest absolute Gasteiger partial charge is 0.129 e. The van der Waals surface area contributed by atoms with Gasteiger partial charge in [0, 0.05) is 30.9 Å². The van der Waals surface area contributed by atoms with E-state index in [9.17, 15) is 4.39 Å². The first-order valence-corrected chi connectivity index (χ1v) is 5.28. The molecule has 0 spiro atoms. The molecule has 0 saturated heterocycles. The highest BCUT2D eigenvalue weighted by atomic mass is 19.1. The number of nitrogen functional groups attached to an aromatic ring is 1. The van der Waals surface area contributed by atoms with Crippen molar-refractivity contribution >= 4 is 5.69 Å². The average molecular weight is 226 g/mol. The van der Waals surface area contributed by atoms with Crippen molar-refractivity contribution in [2.75, 3.05) is 26.5 Å². The quantitative estimate of drug-likeness (QED) is 0.779. The topological polar surface area (TPSA) is 38.5 Å². The molecular formula is C12H19FN2O. The second-order valence-electron chi connectivity index (χ2n) is 4.03. The van der Waals surface area contributed by atoms with Gasteiger partial charge in [-0.05, 0) is 26.1 Å². The molecule has 0 aliphatic carbocycles. The number of rotatable bonds is 5. The second-order valence-corrected chi connectivity index (χ2v) is 4.03. The molecular weight excluding hydrogens is 207 g/mol.